The monoisotopic (exact) mass is 336 g/mol. The van der Waals surface area contributed by atoms with E-state index in [2.05, 4.69) is 15.7 Å². The number of nitrogen functional groups attached to an aromatic ring is 1. The van der Waals surface area contributed by atoms with E-state index in [9.17, 15) is 9.18 Å². The fourth-order valence-corrected chi connectivity index (χ4v) is 2.47. The minimum Gasteiger partial charge on any atom is -0.324 e. The highest BCUT2D eigenvalue weighted by Gasteiger charge is 2.09. The van der Waals surface area contributed by atoms with Crippen LogP contribution in [-0.2, 0) is 6.42 Å². The molecule has 0 bridgehead atoms. The maximum Gasteiger partial charge on any atom is 0.274 e. The first-order valence-corrected chi connectivity index (χ1v) is 7.72. The van der Waals surface area contributed by atoms with Crippen LogP contribution in [0.25, 0.3) is 0 Å². The summed E-state index contributed by atoms with van der Waals surface area (Å²) in [5, 5.41) is 2.81. The van der Waals surface area contributed by atoms with Crippen LogP contribution in [0.2, 0.25) is 0 Å². The van der Waals surface area contributed by atoms with Gasteiger partial charge in [-0.3, -0.25) is 15.6 Å². The molecule has 126 valence electrons. The van der Waals surface area contributed by atoms with Crippen LogP contribution < -0.4 is 16.6 Å². The molecule has 1 aromatic heterocycles. The van der Waals surface area contributed by atoms with Crippen molar-refractivity contribution in [2.24, 2.45) is 5.84 Å². The second kappa shape index (κ2) is 7.55. The number of nitrogens with one attached hydrogen (secondary N) is 2. The number of nitrogens with two attached hydrogens (primary N) is 1. The number of nitrogens with zero attached hydrogens (tertiary/aromatic N) is 1. The Morgan fingerprint density at radius 2 is 1.88 bits per heavy atom. The van der Waals surface area contributed by atoms with Crippen molar-refractivity contribution in [2.75, 3.05) is 10.7 Å². The van der Waals surface area contributed by atoms with E-state index in [1.54, 1.807) is 48.7 Å². The molecular weight excluding hydrogens is 319 g/mol. The number of hydrogen-bond acceptors (Lipinski definition) is 4. The van der Waals surface area contributed by atoms with Crippen LogP contribution in [0.1, 0.15) is 21.6 Å². The summed E-state index contributed by atoms with van der Waals surface area (Å²) in [5.74, 6) is 4.99. The zero-order valence-corrected chi connectivity index (χ0v) is 13.4. The first-order chi connectivity index (χ1) is 12.2. The summed E-state index contributed by atoms with van der Waals surface area (Å²) in [5.41, 5.74) is 6.16. The average molecular weight is 336 g/mol. The van der Waals surface area contributed by atoms with Gasteiger partial charge in [0, 0.05) is 11.9 Å². The zero-order chi connectivity index (χ0) is 17.6. The van der Waals surface area contributed by atoms with Crippen LogP contribution in [0.4, 0.5) is 15.8 Å². The molecule has 0 spiro atoms. The van der Waals surface area contributed by atoms with Gasteiger partial charge in [0.05, 0.1) is 5.69 Å². The Hall–Kier alpha value is -3.25. The van der Waals surface area contributed by atoms with E-state index in [1.807, 2.05) is 6.07 Å². The molecule has 1 heterocycles. The van der Waals surface area contributed by atoms with Crippen molar-refractivity contribution in [1.29, 1.82) is 0 Å². The number of amides is 1. The van der Waals surface area contributed by atoms with E-state index in [4.69, 9.17) is 5.84 Å². The lowest BCUT2D eigenvalue weighted by atomic mass is 10.0. The Morgan fingerprint density at radius 1 is 1.08 bits per heavy atom. The van der Waals surface area contributed by atoms with Gasteiger partial charge in [0.1, 0.15) is 11.5 Å². The van der Waals surface area contributed by atoms with E-state index in [0.717, 1.165) is 16.8 Å². The van der Waals surface area contributed by atoms with Gasteiger partial charge in [0.2, 0.25) is 0 Å². The van der Waals surface area contributed by atoms with Gasteiger partial charge < -0.3 is 10.7 Å². The van der Waals surface area contributed by atoms with Gasteiger partial charge in [-0.25, -0.2) is 4.39 Å². The van der Waals surface area contributed by atoms with Crippen LogP contribution in [0.15, 0.2) is 66.9 Å². The lowest BCUT2D eigenvalue weighted by molar-refractivity contribution is 0.102. The predicted molar refractivity (Wildman–Crippen MR) is 95.6 cm³/mol. The van der Waals surface area contributed by atoms with Crippen LogP contribution in [0.5, 0.6) is 0 Å². The van der Waals surface area contributed by atoms with Gasteiger partial charge in [-0.2, -0.15) is 0 Å². The Morgan fingerprint density at radius 3 is 2.56 bits per heavy atom. The van der Waals surface area contributed by atoms with Crippen molar-refractivity contribution in [1.82, 2.24) is 4.98 Å². The Balaban J connectivity index is 1.82. The van der Waals surface area contributed by atoms with E-state index in [-0.39, 0.29) is 11.7 Å². The molecule has 3 rings (SSSR count). The number of benzene rings is 2. The molecule has 0 atom stereocenters. The number of carbonyl (C=O) groups is 1. The van der Waals surface area contributed by atoms with Gasteiger partial charge in [-0.15, -0.1) is 0 Å². The number of rotatable bonds is 5. The van der Waals surface area contributed by atoms with Gasteiger partial charge in [0.25, 0.3) is 5.91 Å². The summed E-state index contributed by atoms with van der Waals surface area (Å²) in [4.78, 5) is 16.2. The maximum atomic E-state index is 13.1. The smallest absolute Gasteiger partial charge is 0.274 e. The summed E-state index contributed by atoms with van der Waals surface area (Å²) in [6.45, 7) is 0. The molecule has 1 amide bonds. The summed E-state index contributed by atoms with van der Waals surface area (Å²) >= 11 is 0. The first-order valence-electron chi connectivity index (χ1n) is 7.72. The van der Waals surface area contributed by atoms with Crippen LogP contribution in [0.3, 0.4) is 0 Å². The summed E-state index contributed by atoms with van der Waals surface area (Å²) in [6.07, 6.45) is 2.11. The fraction of sp³-hybridized carbons (Fsp3) is 0.0526. The quantitative estimate of drug-likeness (QED) is 0.493. The van der Waals surface area contributed by atoms with Crippen LogP contribution in [-0.4, -0.2) is 10.9 Å². The number of hydrazine groups is 1. The molecule has 4 N–H and O–H groups in total. The van der Waals surface area contributed by atoms with Gasteiger partial charge in [0.15, 0.2) is 0 Å². The molecule has 5 nitrogen and oxygen atoms in total. The molecule has 3 aromatic rings. The van der Waals surface area contributed by atoms with Crippen LogP contribution in [0, 0.1) is 5.82 Å². The third kappa shape index (κ3) is 4.19. The molecule has 0 radical (unpaired) electrons. The highest BCUT2D eigenvalue weighted by Crippen LogP contribution is 2.23. The predicted octanol–water partition coefficient (Wildman–Crippen LogP) is 3.35. The highest BCUT2D eigenvalue weighted by atomic mass is 19.1. The number of pyridine rings is 1. The molecule has 2 aromatic carbocycles. The lowest BCUT2D eigenvalue weighted by Gasteiger charge is -2.12. The second-order valence-corrected chi connectivity index (χ2v) is 5.49. The molecule has 0 saturated heterocycles. The van der Waals surface area contributed by atoms with Crippen molar-refractivity contribution in [2.45, 2.75) is 6.42 Å². The third-order valence-electron chi connectivity index (χ3n) is 3.72. The minimum absolute atomic E-state index is 0.280. The van der Waals surface area contributed by atoms with Crippen molar-refractivity contribution in [3.05, 3.63) is 89.5 Å². The van der Waals surface area contributed by atoms with Crippen molar-refractivity contribution >= 4 is 17.3 Å². The van der Waals surface area contributed by atoms with Crippen LogP contribution >= 0.6 is 0 Å². The van der Waals surface area contributed by atoms with Crippen molar-refractivity contribution in [3.8, 4) is 0 Å². The molecule has 25 heavy (non-hydrogen) atoms. The molecule has 0 fully saturated rings. The van der Waals surface area contributed by atoms with E-state index in [0.29, 0.717) is 17.8 Å². The third-order valence-corrected chi connectivity index (χ3v) is 3.72. The first kappa shape index (κ1) is 16.6. The Bertz CT molecular complexity index is 866. The topological polar surface area (TPSA) is 80.0 Å². The normalized spacial score (nSPS) is 10.3. The molecule has 6 heteroatoms. The summed E-state index contributed by atoms with van der Waals surface area (Å²) in [7, 11) is 0. The van der Waals surface area contributed by atoms with E-state index >= 15 is 0 Å². The van der Waals surface area contributed by atoms with Gasteiger partial charge in [-0.1, -0.05) is 18.2 Å². The van der Waals surface area contributed by atoms with Gasteiger partial charge >= 0.3 is 0 Å². The molecule has 0 aliphatic heterocycles. The second-order valence-electron chi connectivity index (χ2n) is 5.49. The molecule has 0 unspecified atom stereocenters. The van der Waals surface area contributed by atoms with Gasteiger partial charge in [-0.05, 0) is 60.0 Å². The minimum atomic E-state index is -0.290. The summed E-state index contributed by atoms with van der Waals surface area (Å²) < 4.78 is 13.1. The number of halogens is 1. The number of hydrogen-bond donors (Lipinski definition) is 3. The molecule has 0 aliphatic carbocycles. The molecule has 0 saturated carbocycles. The molecule has 0 aliphatic rings. The SMILES string of the molecule is NNc1ccc(NC(=O)c2ccccn2)cc1Cc1ccc(F)cc1. The maximum absolute atomic E-state index is 13.1. The lowest BCUT2D eigenvalue weighted by Crippen LogP contribution is -2.14. The largest absolute Gasteiger partial charge is 0.324 e. The average Bonchev–Trinajstić information content (AvgIpc) is 2.64. The standard InChI is InChI=1S/C19H17FN4O/c20-15-6-4-13(5-7-15)11-14-12-16(8-9-17(14)24-21)23-19(25)18-3-1-2-10-22-18/h1-10,12,24H,11,21H2,(H,23,25). The van der Waals surface area contributed by atoms with Crippen molar-refractivity contribution < 1.29 is 9.18 Å². The number of carbonyl (C=O) groups excluding carboxylic acids is 1. The zero-order valence-electron chi connectivity index (χ0n) is 13.4. The highest BCUT2D eigenvalue weighted by molar-refractivity contribution is 6.02. The fourth-order valence-electron chi connectivity index (χ4n) is 2.47. The number of aromatic nitrogens is 1. The Kier molecular flexibility index (Phi) is 5.01. The summed E-state index contributed by atoms with van der Waals surface area (Å²) in [6, 6.07) is 16.8. The molecular formula is C19H17FN4O. The van der Waals surface area contributed by atoms with E-state index < -0.39 is 0 Å². The van der Waals surface area contributed by atoms with E-state index in [1.165, 1.54) is 12.1 Å². The van der Waals surface area contributed by atoms with Crippen molar-refractivity contribution in [3.63, 3.8) is 0 Å². The number of anilines is 2. The Labute approximate surface area is 144 Å².